The molecule has 6 heteroatoms. The van der Waals surface area contributed by atoms with Gasteiger partial charge in [-0.15, -0.1) is 0 Å². The van der Waals surface area contributed by atoms with Crippen molar-refractivity contribution in [3.63, 3.8) is 0 Å². The minimum atomic E-state index is -3.19. The normalized spacial score (nSPS) is 21.4. The average molecular weight is 298 g/mol. The summed E-state index contributed by atoms with van der Waals surface area (Å²) in [6.07, 6.45) is 5.47. The van der Waals surface area contributed by atoms with Gasteiger partial charge >= 0.3 is 0 Å². The van der Waals surface area contributed by atoms with Crippen LogP contribution in [0.2, 0.25) is 0 Å². The fourth-order valence-corrected chi connectivity index (χ4v) is 4.92. The Balaban J connectivity index is 1.68. The zero-order valence-electron chi connectivity index (χ0n) is 11.6. The van der Waals surface area contributed by atoms with Crippen molar-refractivity contribution in [3.05, 3.63) is 24.2 Å². The van der Waals surface area contributed by atoms with E-state index in [2.05, 4.69) is 5.32 Å². The molecular formula is C14H22N2O3S. The maximum atomic E-state index is 12.7. The third-order valence-corrected chi connectivity index (χ3v) is 6.14. The quantitative estimate of drug-likeness (QED) is 0.866. The van der Waals surface area contributed by atoms with E-state index < -0.39 is 10.0 Å². The maximum Gasteiger partial charge on any atom is 0.215 e. The van der Waals surface area contributed by atoms with Crippen LogP contribution >= 0.6 is 0 Å². The van der Waals surface area contributed by atoms with Gasteiger partial charge in [0.25, 0.3) is 0 Å². The van der Waals surface area contributed by atoms with Crippen molar-refractivity contribution in [2.75, 3.05) is 18.8 Å². The lowest BCUT2D eigenvalue weighted by molar-refractivity contribution is 0.344. The van der Waals surface area contributed by atoms with Crippen LogP contribution in [0.4, 0.5) is 0 Å². The molecule has 1 aliphatic heterocycles. The number of sulfonamides is 1. The Morgan fingerprint density at radius 3 is 2.60 bits per heavy atom. The van der Waals surface area contributed by atoms with Gasteiger partial charge in [-0.2, -0.15) is 4.31 Å². The molecule has 0 atom stereocenters. The minimum Gasteiger partial charge on any atom is -0.468 e. The van der Waals surface area contributed by atoms with Gasteiger partial charge in [0, 0.05) is 6.04 Å². The molecule has 0 unspecified atom stereocenters. The van der Waals surface area contributed by atoms with Gasteiger partial charge in [0.05, 0.1) is 18.6 Å². The summed E-state index contributed by atoms with van der Waals surface area (Å²) in [6, 6.07) is 3.83. The van der Waals surface area contributed by atoms with E-state index in [0.717, 1.165) is 44.5 Å². The predicted octanol–water partition coefficient (Wildman–Crippen LogP) is 1.57. The molecule has 0 spiro atoms. The standard InChI is InChI=1S/C14H22N2O3S/c17-20(18,11-12-5-7-15-8-6-12)16(13-3-4-13)10-14-2-1-9-19-14/h1-2,9,12-13,15H,3-8,10-11H2. The third-order valence-electron chi connectivity index (χ3n) is 4.11. The van der Waals surface area contributed by atoms with E-state index in [1.807, 2.05) is 6.07 Å². The molecule has 1 aliphatic carbocycles. The number of rotatable bonds is 6. The lowest BCUT2D eigenvalue weighted by Crippen LogP contribution is -2.39. The van der Waals surface area contributed by atoms with Gasteiger partial charge in [-0.3, -0.25) is 0 Å². The van der Waals surface area contributed by atoms with Crippen molar-refractivity contribution in [2.45, 2.75) is 38.3 Å². The second kappa shape index (κ2) is 5.87. The smallest absolute Gasteiger partial charge is 0.215 e. The number of hydrogen-bond acceptors (Lipinski definition) is 4. The van der Waals surface area contributed by atoms with Crippen LogP contribution in [0.5, 0.6) is 0 Å². The summed E-state index contributed by atoms with van der Waals surface area (Å²) in [5.74, 6) is 1.30. The molecule has 1 saturated carbocycles. The molecule has 1 saturated heterocycles. The van der Waals surface area contributed by atoms with Crippen molar-refractivity contribution >= 4 is 10.0 Å². The molecular weight excluding hydrogens is 276 g/mol. The fourth-order valence-electron chi connectivity index (χ4n) is 2.82. The van der Waals surface area contributed by atoms with Crippen LogP contribution < -0.4 is 5.32 Å². The number of piperidine rings is 1. The predicted molar refractivity (Wildman–Crippen MR) is 76.7 cm³/mol. The van der Waals surface area contributed by atoms with Gasteiger partial charge in [0.2, 0.25) is 10.0 Å². The number of nitrogens with one attached hydrogen (secondary N) is 1. The molecule has 1 aromatic rings. The van der Waals surface area contributed by atoms with E-state index in [4.69, 9.17) is 4.42 Å². The van der Waals surface area contributed by atoms with E-state index in [1.54, 1.807) is 16.6 Å². The number of hydrogen-bond donors (Lipinski definition) is 1. The lowest BCUT2D eigenvalue weighted by Gasteiger charge is -2.26. The van der Waals surface area contributed by atoms with Crippen molar-refractivity contribution in [3.8, 4) is 0 Å². The summed E-state index contributed by atoms with van der Waals surface area (Å²) in [5, 5.41) is 3.28. The van der Waals surface area contributed by atoms with Crippen LogP contribution in [0.25, 0.3) is 0 Å². The van der Waals surface area contributed by atoms with Crippen molar-refractivity contribution in [2.24, 2.45) is 5.92 Å². The zero-order valence-corrected chi connectivity index (χ0v) is 12.4. The van der Waals surface area contributed by atoms with Gasteiger partial charge in [-0.1, -0.05) is 0 Å². The summed E-state index contributed by atoms with van der Waals surface area (Å²) in [4.78, 5) is 0. The van der Waals surface area contributed by atoms with E-state index in [-0.39, 0.29) is 11.8 Å². The van der Waals surface area contributed by atoms with Crippen LogP contribution in [-0.2, 0) is 16.6 Å². The average Bonchev–Trinajstić information content (AvgIpc) is 3.12. The molecule has 2 aliphatic rings. The summed E-state index contributed by atoms with van der Waals surface area (Å²) < 4.78 is 32.3. The molecule has 0 radical (unpaired) electrons. The molecule has 20 heavy (non-hydrogen) atoms. The second-order valence-corrected chi connectivity index (χ2v) is 7.79. The van der Waals surface area contributed by atoms with E-state index >= 15 is 0 Å². The van der Waals surface area contributed by atoms with Crippen LogP contribution in [-0.4, -0.2) is 37.6 Å². The van der Waals surface area contributed by atoms with Crippen LogP contribution in [0.15, 0.2) is 22.8 Å². The SMILES string of the molecule is O=S(=O)(CC1CCNCC1)N(Cc1ccco1)C1CC1. The van der Waals surface area contributed by atoms with E-state index in [9.17, 15) is 8.42 Å². The maximum absolute atomic E-state index is 12.7. The number of furan rings is 1. The van der Waals surface area contributed by atoms with Crippen molar-refractivity contribution < 1.29 is 12.8 Å². The van der Waals surface area contributed by atoms with Crippen molar-refractivity contribution in [1.29, 1.82) is 0 Å². The summed E-state index contributed by atoms with van der Waals surface area (Å²) >= 11 is 0. The highest BCUT2D eigenvalue weighted by atomic mass is 32.2. The Kier molecular flexibility index (Phi) is 4.14. The monoisotopic (exact) mass is 298 g/mol. The summed E-state index contributed by atoms with van der Waals surface area (Å²) in [6.45, 7) is 2.24. The molecule has 0 bridgehead atoms. The summed E-state index contributed by atoms with van der Waals surface area (Å²) in [5.41, 5.74) is 0. The Bertz CT molecular complexity index is 517. The Labute approximate surface area is 120 Å². The first kappa shape index (κ1) is 14.1. The molecule has 2 heterocycles. The van der Waals surface area contributed by atoms with Crippen LogP contribution in [0.3, 0.4) is 0 Å². The zero-order chi connectivity index (χ0) is 14.0. The highest BCUT2D eigenvalue weighted by Gasteiger charge is 2.38. The van der Waals surface area contributed by atoms with Crippen molar-refractivity contribution in [1.82, 2.24) is 9.62 Å². The highest BCUT2D eigenvalue weighted by molar-refractivity contribution is 7.89. The Morgan fingerprint density at radius 2 is 2.00 bits per heavy atom. The van der Waals surface area contributed by atoms with Gasteiger partial charge in [0.15, 0.2) is 0 Å². The minimum absolute atomic E-state index is 0.187. The first-order valence-corrected chi connectivity index (χ1v) is 8.99. The van der Waals surface area contributed by atoms with E-state index in [0.29, 0.717) is 12.5 Å². The Morgan fingerprint density at radius 1 is 1.25 bits per heavy atom. The Hall–Kier alpha value is -0.850. The largest absolute Gasteiger partial charge is 0.468 e. The third kappa shape index (κ3) is 3.42. The number of nitrogens with zero attached hydrogens (tertiary/aromatic N) is 1. The first-order valence-electron chi connectivity index (χ1n) is 7.38. The topological polar surface area (TPSA) is 62.6 Å². The molecule has 1 aromatic heterocycles. The van der Waals surface area contributed by atoms with Gasteiger partial charge < -0.3 is 9.73 Å². The lowest BCUT2D eigenvalue weighted by atomic mass is 10.0. The van der Waals surface area contributed by atoms with Crippen LogP contribution in [0.1, 0.15) is 31.4 Å². The molecule has 0 aromatic carbocycles. The van der Waals surface area contributed by atoms with Crippen LogP contribution in [0, 0.1) is 5.92 Å². The highest BCUT2D eigenvalue weighted by Crippen LogP contribution is 2.32. The fraction of sp³-hybridized carbons (Fsp3) is 0.714. The van der Waals surface area contributed by atoms with E-state index in [1.165, 1.54) is 0 Å². The molecule has 5 nitrogen and oxygen atoms in total. The summed E-state index contributed by atoms with van der Waals surface area (Å²) in [7, 11) is -3.19. The molecule has 2 fully saturated rings. The molecule has 112 valence electrons. The molecule has 0 amide bonds. The molecule has 1 N–H and O–H groups in total. The van der Waals surface area contributed by atoms with Gasteiger partial charge in [0.1, 0.15) is 5.76 Å². The van der Waals surface area contributed by atoms with Gasteiger partial charge in [-0.05, 0) is 56.8 Å². The first-order chi connectivity index (χ1) is 9.65. The van der Waals surface area contributed by atoms with Gasteiger partial charge in [-0.25, -0.2) is 8.42 Å². The second-order valence-electron chi connectivity index (χ2n) is 5.83. The molecule has 3 rings (SSSR count).